The topological polar surface area (TPSA) is 29.5 Å². The summed E-state index contributed by atoms with van der Waals surface area (Å²) in [6.45, 7) is 4.31. The van der Waals surface area contributed by atoms with Crippen LogP contribution in [0, 0.1) is 5.92 Å². The van der Waals surface area contributed by atoms with Crippen LogP contribution in [0.1, 0.15) is 13.3 Å². The van der Waals surface area contributed by atoms with Crippen molar-refractivity contribution in [1.82, 2.24) is 4.90 Å². The molecule has 0 N–H and O–H groups in total. The maximum absolute atomic E-state index is 10.7. The van der Waals surface area contributed by atoms with Gasteiger partial charge in [-0.15, -0.1) is 0 Å². The average Bonchev–Trinajstić information content (AvgIpc) is 2.47. The van der Waals surface area contributed by atoms with Crippen LogP contribution in [0.4, 0.5) is 0 Å². The molecule has 0 saturated carbocycles. The van der Waals surface area contributed by atoms with Gasteiger partial charge >= 0.3 is 5.97 Å². The number of carbonyl (C=O) groups is 1. The molecular formula is C9H15NO2. The summed E-state index contributed by atoms with van der Waals surface area (Å²) in [4.78, 5) is 12.9. The van der Waals surface area contributed by atoms with Crippen LogP contribution >= 0.6 is 0 Å². The van der Waals surface area contributed by atoms with Gasteiger partial charge in [-0.25, -0.2) is 4.79 Å². The molecule has 1 fully saturated rings. The molecule has 0 aromatic rings. The summed E-state index contributed by atoms with van der Waals surface area (Å²) in [6, 6.07) is 0. The molecule has 1 heterocycles. The van der Waals surface area contributed by atoms with Crippen LogP contribution < -0.4 is 0 Å². The maximum Gasteiger partial charge on any atom is 0.331 e. The number of ether oxygens (including phenoxy) is 1. The lowest BCUT2D eigenvalue weighted by atomic mass is 10.2. The van der Waals surface area contributed by atoms with Gasteiger partial charge in [0, 0.05) is 25.4 Å². The predicted octanol–water partition coefficient (Wildman–Crippen LogP) is 1.01. The largest absolute Gasteiger partial charge is 0.466 e. The van der Waals surface area contributed by atoms with Crippen molar-refractivity contribution in [3.05, 3.63) is 12.3 Å². The molecule has 0 radical (unpaired) electrons. The second kappa shape index (κ2) is 4.14. The van der Waals surface area contributed by atoms with Gasteiger partial charge in [-0.3, -0.25) is 0 Å². The number of methoxy groups -OCH3 is 1. The van der Waals surface area contributed by atoms with Crippen molar-refractivity contribution < 1.29 is 9.53 Å². The monoisotopic (exact) mass is 169 g/mol. The van der Waals surface area contributed by atoms with E-state index in [1.54, 1.807) is 0 Å². The van der Waals surface area contributed by atoms with Crippen molar-refractivity contribution in [3.63, 3.8) is 0 Å². The van der Waals surface area contributed by atoms with Crippen LogP contribution in [0.25, 0.3) is 0 Å². The fraction of sp³-hybridized carbons (Fsp3) is 0.667. The zero-order valence-electron chi connectivity index (χ0n) is 7.62. The Hall–Kier alpha value is -0.990. The highest BCUT2D eigenvalue weighted by atomic mass is 16.5. The van der Waals surface area contributed by atoms with Gasteiger partial charge in [-0.05, 0) is 12.3 Å². The van der Waals surface area contributed by atoms with E-state index in [0.717, 1.165) is 19.0 Å². The first-order valence-electron chi connectivity index (χ1n) is 4.22. The molecule has 0 aromatic heterocycles. The van der Waals surface area contributed by atoms with Crippen LogP contribution in [0.15, 0.2) is 12.3 Å². The molecule has 3 heteroatoms. The molecule has 1 rings (SSSR count). The fourth-order valence-corrected chi connectivity index (χ4v) is 1.34. The van der Waals surface area contributed by atoms with E-state index in [1.165, 1.54) is 19.6 Å². The van der Waals surface area contributed by atoms with E-state index in [2.05, 4.69) is 16.6 Å². The van der Waals surface area contributed by atoms with Crippen LogP contribution in [0.5, 0.6) is 0 Å². The summed E-state index contributed by atoms with van der Waals surface area (Å²) in [5.74, 6) is 0.460. The molecule has 0 aliphatic carbocycles. The summed E-state index contributed by atoms with van der Waals surface area (Å²) in [6.07, 6.45) is 4.50. The lowest BCUT2D eigenvalue weighted by Crippen LogP contribution is -2.13. The normalized spacial score (nSPS) is 23.5. The van der Waals surface area contributed by atoms with Crippen molar-refractivity contribution in [2.45, 2.75) is 13.3 Å². The molecule has 1 aliphatic rings. The van der Waals surface area contributed by atoms with E-state index in [0.29, 0.717) is 0 Å². The molecule has 0 amide bonds. The minimum Gasteiger partial charge on any atom is -0.466 e. The van der Waals surface area contributed by atoms with Crippen LogP contribution in [-0.4, -0.2) is 31.1 Å². The third-order valence-corrected chi connectivity index (χ3v) is 2.08. The van der Waals surface area contributed by atoms with E-state index in [-0.39, 0.29) is 5.97 Å². The predicted molar refractivity (Wildman–Crippen MR) is 46.5 cm³/mol. The summed E-state index contributed by atoms with van der Waals surface area (Å²) < 4.78 is 4.48. The second-order valence-corrected chi connectivity index (χ2v) is 3.23. The molecule has 12 heavy (non-hydrogen) atoms. The van der Waals surface area contributed by atoms with Gasteiger partial charge in [0.25, 0.3) is 0 Å². The lowest BCUT2D eigenvalue weighted by Gasteiger charge is -2.10. The molecular weight excluding hydrogens is 154 g/mol. The first-order chi connectivity index (χ1) is 5.72. The first kappa shape index (κ1) is 9.10. The number of likely N-dealkylation sites (tertiary alicyclic amines) is 1. The van der Waals surface area contributed by atoms with Crippen molar-refractivity contribution >= 4 is 5.97 Å². The Morgan fingerprint density at radius 3 is 2.92 bits per heavy atom. The SMILES string of the molecule is COC(=O)C=CN1CCC(C)C1. The Morgan fingerprint density at radius 2 is 2.42 bits per heavy atom. The summed E-state index contributed by atoms with van der Waals surface area (Å²) in [5.41, 5.74) is 0. The molecule has 0 bridgehead atoms. The van der Waals surface area contributed by atoms with Crippen molar-refractivity contribution in [2.24, 2.45) is 5.92 Å². The second-order valence-electron chi connectivity index (χ2n) is 3.23. The summed E-state index contributed by atoms with van der Waals surface area (Å²) in [5, 5.41) is 0. The van der Waals surface area contributed by atoms with Crippen molar-refractivity contribution in [1.29, 1.82) is 0 Å². The number of carbonyl (C=O) groups excluding carboxylic acids is 1. The van der Waals surface area contributed by atoms with Crippen molar-refractivity contribution in [2.75, 3.05) is 20.2 Å². The zero-order valence-corrected chi connectivity index (χ0v) is 7.62. The molecule has 1 saturated heterocycles. The highest BCUT2D eigenvalue weighted by Gasteiger charge is 2.15. The van der Waals surface area contributed by atoms with Gasteiger partial charge in [0.15, 0.2) is 0 Å². The van der Waals surface area contributed by atoms with Gasteiger partial charge in [-0.2, -0.15) is 0 Å². The number of hydrogen-bond acceptors (Lipinski definition) is 3. The Labute approximate surface area is 73.0 Å². The van der Waals surface area contributed by atoms with E-state index in [4.69, 9.17) is 0 Å². The van der Waals surface area contributed by atoms with E-state index < -0.39 is 0 Å². The number of rotatable bonds is 2. The van der Waals surface area contributed by atoms with Gasteiger partial charge in [-0.1, -0.05) is 6.92 Å². The third kappa shape index (κ3) is 2.57. The van der Waals surface area contributed by atoms with E-state index in [1.807, 2.05) is 6.20 Å². The molecule has 1 aliphatic heterocycles. The summed E-state index contributed by atoms with van der Waals surface area (Å²) in [7, 11) is 1.39. The first-order valence-corrected chi connectivity index (χ1v) is 4.22. The smallest absolute Gasteiger partial charge is 0.331 e. The van der Waals surface area contributed by atoms with Crippen LogP contribution in [0.2, 0.25) is 0 Å². The van der Waals surface area contributed by atoms with Gasteiger partial charge in [0.1, 0.15) is 0 Å². The molecule has 3 nitrogen and oxygen atoms in total. The molecule has 0 spiro atoms. The number of nitrogens with zero attached hydrogens (tertiary/aromatic N) is 1. The molecule has 1 unspecified atom stereocenters. The minimum atomic E-state index is -0.283. The Bertz CT molecular complexity index is 189. The van der Waals surface area contributed by atoms with Crippen LogP contribution in [0.3, 0.4) is 0 Å². The maximum atomic E-state index is 10.7. The van der Waals surface area contributed by atoms with Crippen molar-refractivity contribution in [3.8, 4) is 0 Å². The van der Waals surface area contributed by atoms with Gasteiger partial charge in [0.05, 0.1) is 7.11 Å². The molecule has 0 aromatic carbocycles. The lowest BCUT2D eigenvalue weighted by molar-refractivity contribution is -0.134. The minimum absolute atomic E-state index is 0.283. The van der Waals surface area contributed by atoms with E-state index in [9.17, 15) is 4.79 Å². The highest BCUT2D eigenvalue weighted by molar-refractivity contribution is 5.81. The number of hydrogen-bond donors (Lipinski definition) is 0. The van der Waals surface area contributed by atoms with Gasteiger partial charge in [0.2, 0.25) is 0 Å². The quantitative estimate of drug-likeness (QED) is 0.456. The zero-order chi connectivity index (χ0) is 8.97. The summed E-state index contributed by atoms with van der Waals surface area (Å²) >= 11 is 0. The number of esters is 1. The third-order valence-electron chi connectivity index (χ3n) is 2.08. The highest BCUT2D eigenvalue weighted by Crippen LogP contribution is 2.14. The average molecular weight is 169 g/mol. The van der Waals surface area contributed by atoms with Gasteiger partial charge < -0.3 is 9.64 Å². The molecule has 1 atom stereocenters. The standard InChI is InChI=1S/C9H15NO2/c1-8-3-5-10(7-8)6-4-9(11)12-2/h4,6,8H,3,5,7H2,1-2H3. The molecule has 68 valence electrons. The van der Waals surface area contributed by atoms with Crippen LogP contribution in [-0.2, 0) is 9.53 Å². The Balaban J connectivity index is 2.31. The Morgan fingerprint density at radius 1 is 1.67 bits per heavy atom. The van der Waals surface area contributed by atoms with E-state index >= 15 is 0 Å². The Kier molecular flexibility index (Phi) is 3.14. The fourth-order valence-electron chi connectivity index (χ4n) is 1.34.